The normalized spacial score (nSPS) is 10.6. The topological polar surface area (TPSA) is 135 Å². The summed E-state index contributed by atoms with van der Waals surface area (Å²) in [4.78, 5) is 37.3. The maximum absolute atomic E-state index is 12.4. The van der Waals surface area contributed by atoms with Crippen molar-refractivity contribution >= 4 is 47.0 Å². The summed E-state index contributed by atoms with van der Waals surface area (Å²) in [6.45, 7) is 5.22. The highest BCUT2D eigenvalue weighted by Gasteiger charge is 2.16. The molecule has 2 heterocycles. The Kier molecular flexibility index (Phi) is 7.01. The molecule has 0 spiro atoms. The van der Waals surface area contributed by atoms with E-state index >= 15 is 0 Å². The van der Waals surface area contributed by atoms with Gasteiger partial charge in [0.25, 0.3) is 5.78 Å². The van der Waals surface area contributed by atoms with E-state index in [2.05, 4.69) is 36.0 Å². The molecule has 3 aromatic rings. The van der Waals surface area contributed by atoms with E-state index in [1.807, 2.05) is 13.8 Å². The Hall–Kier alpha value is -3.41. The fourth-order valence-corrected chi connectivity index (χ4v) is 3.15. The van der Waals surface area contributed by atoms with Crippen LogP contribution in [0.25, 0.3) is 5.78 Å². The molecule has 12 heteroatoms. The van der Waals surface area contributed by atoms with Crippen molar-refractivity contribution in [1.82, 2.24) is 24.6 Å². The van der Waals surface area contributed by atoms with Gasteiger partial charge < -0.3 is 20.7 Å². The number of methoxy groups -OCH3 is 1. The number of carbonyl (C=O) groups is 2. The number of fused-ring (bicyclic) bond motifs is 1. The fourth-order valence-electron chi connectivity index (χ4n) is 2.53. The molecule has 2 aromatic heterocycles. The van der Waals surface area contributed by atoms with Crippen LogP contribution in [0.1, 0.15) is 24.2 Å². The van der Waals surface area contributed by atoms with Crippen LogP contribution in [0.5, 0.6) is 0 Å². The third-order valence-electron chi connectivity index (χ3n) is 3.80. The van der Waals surface area contributed by atoms with Gasteiger partial charge in [-0.25, -0.2) is 4.79 Å². The number of nitrogens with zero attached hydrogens (tertiary/aromatic N) is 5. The van der Waals surface area contributed by atoms with Crippen molar-refractivity contribution in [2.24, 2.45) is 0 Å². The minimum absolute atomic E-state index is 0.0520. The molecule has 0 bridgehead atoms. The molecule has 0 atom stereocenters. The van der Waals surface area contributed by atoms with Gasteiger partial charge in [-0.1, -0.05) is 23.9 Å². The molecule has 0 saturated carbocycles. The molecule has 0 radical (unpaired) electrons. The van der Waals surface area contributed by atoms with E-state index in [9.17, 15) is 9.59 Å². The van der Waals surface area contributed by atoms with Gasteiger partial charge in [0.2, 0.25) is 23.0 Å². The largest absolute Gasteiger partial charge is 0.465 e. The second-order valence-electron chi connectivity index (χ2n) is 5.91. The molecule has 1 amide bonds. The van der Waals surface area contributed by atoms with Gasteiger partial charge in [0, 0.05) is 13.1 Å². The number of carbonyl (C=O) groups excluding carboxylic acids is 2. The van der Waals surface area contributed by atoms with Crippen molar-refractivity contribution < 1.29 is 14.3 Å². The number of esters is 1. The molecule has 11 nitrogen and oxygen atoms in total. The summed E-state index contributed by atoms with van der Waals surface area (Å²) in [5, 5.41) is 13.6. The van der Waals surface area contributed by atoms with Crippen LogP contribution in [0.2, 0.25) is 0 Å². The highest BCUT2D eigenvalue weighted by molar-refractivity contribution is 7.99. The monoisotopic (exact) mass is 430 g/mol. The first-order valence-corrected chi connectivity index (χ1v) is 10.3. The van der Waals surface area contributed by atoms with Gasteiger partial charge in [0.15, 0.2) is 0 Å². The van der Waals surface area contributed by atoms with E-state index in [1.165, 1.54) is 11.6 Å². The first kappa shape index (κ1) is 21.3. The first-order valence-electron chi connectivity index (χ1n) is 9.28. The molecular formula is C18H22N8O3S. The summed E-state index contributed by atoms with van der Waals surface area (Å²) in [6, 6.07) is 6.64. The summed E-state index contributed by atoms with van der Waals surface area (Å²) in [5.74, 6) is 0.552. The molecule has 158 valence electrons. The Bertz CT molecular complexity index is 1060. The number of anilines is 3. The van der Waals surface area contributed by atoms with Crippen molar-refractivity contribution in [1.29, 1.82) is 0 Å². The smallest absolute Gasteiger partial charge is 0.339 e. The highest BCUT2D eigenvalue weighted by Crippen LogP contribution is 2.19. The molecule has 0 saturated heterocycles. The summed E-state index contributed by atoms with van der Waals surface area (Å²) < 4.78 is 6.23. The minimum Gasteiger partial charge on any atom is -0.465 e. The summed E-state index contributed by atoms with van der Waals surface area (Å²) in [7, 11) is 1.29. The van der Waals surface area contributed by atoms with Gasteiger partial charge in [-0.15, -0.1) is 5.10 Å². The zero-order valence-corrected chi connectivity index (χ0v) is 17.6. The zero-order valence-electron chi connectivity index (χ0n) is 16.8. The Morgan fingerprint density at radius 1 is 1.10 bits per heavy atom. The number of hydrogen-bond donors (Lipinski definition) is 3. The van der Waals surface area contributed by atoms with Crippen LogP contribution in [0, 0.1) is 0 Å². The van der Waals surface area contributed by atoms with Gasteiger partial charge in [-0.3, -0.25) is 4.79 Å². The third kappa shape index (κ3) is 4.95. The zero-order chi connectivity index (χ0) is 21.5. The number of amides is 1. The van der Waals surface area contributed by atoms with Gasteiger partial charge in [0.1, 0.15) is 0 Å². The summed E-state index contributed by atoms with van der Waals surface area (Å²) >= 11 is 1.15. The average molecular weight is 430 g/mol. The quantitative estimate of drug-likeness (QED) is 0.341. The van der Waals surface area contributed by atoms with Crippen molar-refractivity contribution in [3.63, 3.8) is 0 Å². The minimum atomic E-state index is -0.522. The number of thioether (sulfide) groups is 1. The maximum atomic E-state index is 12.4. The Labute approximate surface area is 177 Å². The van der Waals surface area contributed by atoms with Crippen LogP contribution in [0.3, 0.4) is 0 Å². The van der Waals surface area contributed by atoms with Crippen molar-refractivity contribution in [2.75, 3.05) is 41.9 Å². The lowest BCUT2D eigenvalue weighted by Gasteiger charge is -2.08. The Morgan fingerprint density at radius 2 is 1.87 bits per heavy atom. The lowest BCUT2D eigenvalue weighted by atomic mass is 10.2. The van der Waals surface area contributed by atoms with Crippen LogP contribution >= 0.6 is 11.8 Å². The number of benzene rings is 1. The lowest BCUT2D eigenvalue weighted by Crippen LogP contribution is -2.17. The Morgan fingerprint density at radius 3 is 2.60 bits per heavy atom. The maximum Gasteiger partial charge on any atom is 0.339 e. The average Bonchev–Trinajstić information content (AvgIpc) is 3.16. The van der Waals surface area contributed by atoms with E-state index < -0.39 is 5.97 Å². The van der Waals surface area contributed by atoms with Crippen LogP contribution in [0.15, 0.2) is 29.4 Å². The van der Waals surface area contributed by atoms with Gasteiger partial charge in [-0.2, -0.15) is 19.5 Å². The van der Waals surface area contributed by atoms with Crippen LogP contribution < -0.4 is 16.0 Å². The predicted octanol–water partition coefficient (Wildman–Crippen LogP) is 1.90. The van der Waals surface area contributed by atoms with E-state index in [1.54, 1.807) is 24.3 Å². The van der Waals surface area contributed by atoms with Crippen molar-refractivity contribution in [3.8, 4) is 0 Å². The van der Waals surface area contributed by atoms with E-state index in [4.69, 9.17) is 4.74 Å². The second kappa shape index (κ2) is 9.87. The molecule has 0 aliphatic rings. The highest BCUT2D eigenvalue weighted by atomic mass is 32.2. The number of ether oxygens (including phenoxy) is 1. The van der Waals surface area contributed by atoms with E-state index in [0.717, 1.165) is 11.8 Å². The van der Waals surface area contributed by atoms with Crippen molar-refractivity contribution in [3.05, 3.63) is 29.8 Å². The van der Waals surface area contributed by atoms with Crippen LogP contribution in [-0.4, -0.2) is 62.4 Å². The first-order chi connectivity index (χ1) is 14.5. The molecule has 1 aromatic carbocycles. The number of hydrogen-bond acceptors (Lipinski definition) is 10. The number of para-hydroxylation sites is 1. The SMILES string of the molecule is CCNc1nc(NCC)n2nc(SCC(=O)Nc3ccccc3C(=O)OC)nc2n1. The van der Waals surface area contributed by atoms with Gasteiger partial charge >= 0.3 is 5.97 Å². The predicted molar refractivity (Wildman–Crippen MR) is 114 cm³/mol. The lowest BCUT2D eigenvalue weighted by molar-refractivity contribution is -0.113. The standard InChI is InChI=1S/C18H22N8O3S/c1-4-19-15-22-16(20-5-2)26-17(23-15)24-18(25-26)30-10-13(27)21-12-9-7-6-8-11(12)14(28)29-3/h6-9H,4-5,10H2,1-3H3,(H,21,27)(H2,19,20,22,23,24,25). The van der Waals surface area contributed by atoms with E-state index in [-0.39, 0.29) is 17.2 Å². The third-order valence-corrected chi connectivity index (χ3v) is 4.64. The fraction of sp³-hybridized carbons (Fsp3) is 0.333. The van der Waals surface area contributed by atoms with E-state index in [0.29, 0.717) is 41.6 Å². The number of rotatable bonds is 9. The molecule has 0 unspecified atom stereocenters. The second-order valence-corrected chi connectivity index (χ2v) is 6.85. The Balaban J connectivity index is 1.72. The molecule has 0 fully saturated rings. The summed E-state index contributed by atoms with van der Waals surface area (Å²) in [5.41, 5.74) is 0.666. The van der Waals surface area contributed by atoms with Crippen LogP contribution in [-0.2, 0) is 9.53 Å². The number of nitrogens with one attached hydrogen (secondary N) is 3. The van der Waals surface area contributed by atoms with Crippen molar-refractivity contribution in [2.45, 2.75) is 19.0 Å². The molecule has 0 aliphatic heterocycles. The summed E-state index contributed by atoms with van der Waals surface area (Å²) in [6.07, 6.45) is 0. The molecule has 30 heavy (non-hydrogen) atoms. The van der Waals surface area contributed by atoms with Gasteiger partial charge in [0.05, 0.1) is 24.1 Å². The van der Waals surface area contributed by atoms with Crippen LogP contribution in [0.4, 0.5) is 17.6 Å². The molecule has 3 N–H and O–H groups in total. The molecular weight excluding hydrogens is 408 g/mol. The number of aromatic nitrogens is 5. The molecule has 0 aliphatic carbocycles. The van der Waals surface area contributed by atoms with Gasteiger partial charge in [-0.05, 0) is 26.0 Å². The molecule has 3 rings (SSSR count).